The van der Waals surface area contributed by atoms with Crippen LogP contribution in [0.4, 0.5) is 5.82 Å². The molecule has 0 aliphatic carbocycles. The van der Waals surface area contributed by atoms with Crippen LogP contribution in [0.5, 0.6) is 11.5 Å². The highest BCUT2D eigenvalue weighted by molar-refractivity contribution is 7.99. The van der Waals surface area contributed by atoms with Crippen molar-refractivity contribution in [3.8, 4) is 22.8 Å². The van der Waals surface area contributed by atoms with Crippen LogP contribution in [-0.4, -0.2) is 38.8 Å². The SMILES string of the molecule is Cc1ccc(-c2cc3c(cc2Sc2nc4c(N)ncnc4n2CCNC(=O)CC(C)C)OCO3)o1. The molecule has 3 N–H and O–H groups in total. The zero-order valence-corrected chi connectivity index (χ0v) is 20.5. The van der Waals surface area contributed by atoms with Crippen molar-refractivity contribution in [1.82, 2.24) is 24.8 Å². The molecule has 1 aliphatic rings. The molecule has 0 atom stereocenters. The number of fused-ring (bicyclic) bond motifs is 2. The van der Waals surface area contributed by atoms with Gasteiger partial charge in [-0.25, -0.2) is 15.0 Å². The average molecular weight is 495 g/mol. The zero-order valence-electron chi connectivity index (χ0n) is 19.7. The number of carbonyl (C=O) groups excluding carboxylic acids is 1. The van der Waals surface area contributed by atoms with Crippen molar-refractivity contribution in [2.75, 3.05) is 19.1 Å². The van der Waals surface area contributed by atoms with Crippen molar-refractivity contribution in [2.24, 2.45) is 5.92 Å². The predicted molar refractivity (Wildman–Crippen MR) is 131 cm³/mol. The largest absolute Gasteiger partial charge is 0.461 e. The number of nitrogens with one attached hydrogen (secondary N) is 1. The van der Waals surface area contributed by atoms with Gasteiger partial charge in [-0.3, -0.25) is 4.79 Å². The predicted octanol–water partition coefficient (Wildman–Crippen LogP) is 4.02. The number of nitrogen functional groups attached to an aromatic ring is 1. The van der Waals surface area contributed by atoms with E-state index in [0.29, 0.717) is 58.9 Å². The topological polar surface area (TPSA) is 130 Å². The molecule has 4 heterocycles. The fourth-order valence-electron chi connectivity index (χ4n) is 3.84. The normalized spacial score (nSPS) is 12.6. The molecule has 1 aromatic carbocycles. The number of aromatic nitrogens is 4. The smallest absolute Gasteiger partial charge is 0.231 e. The number of amides is 1. The van der Waals surface area contributed by atoms with E-state index >= 15 is 0 Å². The number of furan rings is 1. The van der Waals surface area contributed by atoms with Crippen molar-refractivity contribution in [2.45, 2.75) is 43.8 Å². The third-order valence-electron chi connectivity index (χ3n) is 5.46. The summed E-state index contributed by atoms with van der Waals surface area (Å²) in [5.74, 6) is 3.44. The van der Waals surface area contributed by atoms with Gasteiger partial charge < -0.3 is 29.5 Å². The van der Waals surface area contributed by atoms with Crippen molar-refractivity contribution >= 4 is 34.7 Å². The molecule has 182 valence electrons. The molecule has 11 heteroatoms. The van der Waals surface area contributed by atoms with Gasteiger partial charge in [0.2, 0.25) is 12.7 Å². The fourth-order valence-corrected chi connectivity index (χ4v) is 4.90. The van der Waals surface area contributed by atoms with Crippen LogP contribution in [0.1, 0.15) is 26.0 Å². The van der Waals surface area contributed by atoms with Crippen LogP contribution >= 0.6 is 11.8 Å². The van der Waals surface area contributed by atoms with Crippen LogP contribution in [0, 0.1) is 12.8 Å². The van der Waals surface area contributed by atoms with Crippen LogP contribution in [0.25, 0.3) is 22.5 Å². The molecule has 1 aliphatic heterocycles. The number of nitrogens with two attached hydrogens (primary N) is 1. The lowest BCUT2D eigenvalue weighted by Crippen LogP contribution is -2.28. The van der Waals surface area contributed by atoms with Crippen molar-refractivity contribution in [3.05, 3.63) is 36.4 Å². The minimum Gasteiger partial charge on any atom is -0.461 e. The first-order valence-corrected chi connectivity index (χ1v) is 12.1. The zero-order chi connectivity index (χ0) is 24.5. The summed E-state index contributed by atoms with van der Waals surface area (Å²) in [6.45, 7) is 7.00. The third kappa shape index (κ3) is 4.76. The first-order chi connectivity index (χ1) is 16.9. The number of benzene rings is 1. The lowest BCUT2D eigenvalue weighted by atomic mass is 10.1. The van der Waals surface area contributed by atoms with Gasteiger partial charge in [-0.1, -0.05) is 25.6 Å². The van der Waals surface area contributed by atoms with Crippen LogP contribution in [-0.2, 0) is 11.3 Å². The second kappa shape index (κ2) is 9.49. The molecular formula is C24H26N6O4S. The number of carbonyl (C=O) groups is 1. The Labute approximate surface area is 206 Å². The van der Waals surface area contributed by atoms with Gasteiger partial charge in [0, 0.05) is 30.0 Å². The van der Waals surface area contributed by atoms with Gasteiger partial charge in [0.05, 0.1) is 0 Å². The molecule has 4 aromatic rings. The molecule has 5 rings (SSSR count). The van der Waals surface area contributed by atoms with Gasteiger partial charge in [0.25, 0.3) is 0 Å². The second-order valence-corrected chi connectivity index (χ2v) is 9.65. The summed E-state index contributed by atoms with van der Waals surface area (Å²) in [6.07, 6.45) is 1.89. The van der Waals surface area contributed by atoms with Gasteiger partial charge in [-0.05, 0) is 37.1 Å². The van der Waals surface area contributed by atoms with Crippen LogP contribution < -0.4 is 20.5 Å². The summed E-state index contributed by atoms with van der Waals surface area (Å²) >= 11 is 1.44. The summed E-state index contributed by atoms with van der Waals surface area (Å²) in [7, 11) is 0. The Balaban J connectivity index is 1.51. The van der Waals surface area contributed by atoms with Crippen LogP contribution in [0.2, 0.25) is 0 Å². The van der Waals surface area contributed by atoms with E-state index in [4.69, 9.17) is 24.6 Å². The van der Waals surface area contributed by atoms with Gasteiger partial charge >= 0.3 is 0 Å². The van der Waals surface area contributed by atoms with E-state index in [-0.39, 0.29) is 18.6 Å². The minimum atomic E-state index is 0.0130. The Morgan fingerprint density at radius 1 is 1.23 bits per heavy atom. The molecule has 0 saturated carbocycles. The maximum atomic E-state index is 12.2. The van der Waals surface area contributed by atoms with Gasteiger partial charge in [0.1, 0.15) is 17.8 Å². The van der Waals surface area contributed by atoms with E-state index < -0.39 is 0 Å². The van der Waals surface area contributed by atoms with Gasteiger partial charge in [-0.2, -0.15) is 0 Å². The number of hydrogen-bond donors (Lipinski definition) is 2. The van der Waals surface area contributed by atoms with E-state index in [9.17, 15) is 4.79 Å². The van der Waals surface area contributed by atoms with E-state index in [0.717, 1.165) is 16.2 Å². The van der Waals surface area contributed by atoms with Gasteiger partial charge in [0.15, 0.2) is 33.6 Å². The highest BCUT2D eigenvalue weighted by Crippen LogP contribution is 2.45. The first kappa shape index (κ1) is 23.0. The fraction of sp³-hybridized carbons (Fsp3) is 0.333. The summed E-state index contributed by atoms with van der Waals surface area (Å²) in [5.41, 5.74) is 8.08. The van der Waals surface area contributed by atoms with Crippen LogP contribution in [0.3, 0.4) is 0 Å². The summed E-state index contributed by atoms with van der Waals surface area (Å²) < 4.78 is 19.1. The maximum Gasteiger partial charge on any atom is 0.231 e. The molecule has 35 heavy (non-hydrogen) atoms. The lowest BCUT2D eigenvalue weighted by Gasteiger charge is -2.12. The van der Waals surface area contributed by atoms with Crippen molar-refractivity contribution in [1.29, 1.82) is 0 Å². The number of hydrogen-bond acceptors (Lipinski definition) is 9. The summed E-state index contributed by atoms with van der Waals surface area (Å²) in [6, 6.07) is 7.67. The number of imidazole rings is 1. The lowest BCUT2D eigenvalue weighted by molar-refractivity contribution is -0.121. The standard InChI is InChI=1S/C24H26N6O4S/c1-13(2)8-20(31)26-6-7-30-23-21(22(25)27-11-28-23)29-24(30)35-19-10-18-17(32-12-33-18)9-15(19)16-5-4-14(3)34-16/h4-5,9-11,13H,6-8,12H2,1-3H3,(H,26,31)(H2,25,27,28). The molecular weight excluding hydrogens is 468 g/mol. The molecule has 0 fully saturated rings. The van der Waals surface area contributed by atoms with E-state index in [1.807, 2.05) is 49.6 Å². The molecule has 0 saturated heterocycles. The van der Waals surface area contributed by atoms with Crippen molar-refractivity contribution < 1.29 is 18.7 Å². The number of ether oxygens (including phenoxy) is 2. The molecule has 0 radical (unpaired) electrons. The number of rotatable bonds is 8. The minimum absolute atomic E-state index is 0.0130. The Morgan fingerprint density at radius 2 is 2.03 bits per heavy atom. The Morgan fingerprint density at radius 3 is 2.77 bits per heavy atom. The number of aryl methyl sites for hydroxylation is 1. The van der Waals surface area contributed by atoms with Crippen LogP contribution in [0.15, 0.2) is 45.1 Å². The number of nitrogens with zero attached hydrogens (tertiary/aromatic N) is 4. The number of anilines is 1. The quantitative estimate of drug-likeness (QED) is 0.373. The summed E-state index contributed by atoms with van der Waals surface area (Å²) in [4.78, 5) is 26.3. The molecule has 3 aromatic heterocycles. The highest BCUT2D eigenvalue weighted by Gasteiger charge is 2.23. The Hall–Kier alpha value is -3.73. The summed E-state index contributed by atoms with van der Waals surface area (Å²) in [5, 5.41) is 3.63. The maximum absolute atomic E-state index is 12.2. The molecule has 1 amide bonds. The van der Waals surface area contributed by atoms with E-state index in [1.54, 1.807) is 0 Å². The van der Waals surface area contributed by atoms with Gasteiger partial charge in [-0.15, -0.1) is 0 Å². The molecule has 10 nitrogen and oxygen atoms in total. The Bertz CT molecular complexity index is 1400. The molecule has 0 spiro atoms. The second-order valence-electron chi connectivity index (χ2n) is 8.64. The molecule has 0 unspecified atom stereocenters. The average Bonchev–Trinajstić information content (AvgIpc) is 3.52. The van der Waals surface area contributed by atoms with E-state index in [1.165, 1.54) is 18.1 Å². The Kier molecular flexibility index (Phi) is 6.25. The van der Waals surface area contributed by atoms with Crippen molar-refractivity contribution in [3.63, 3.8) is 0 Å². The monoisotopic (exact) mass is 494 g/mol. The highest BCUT2D eigenvalue weighted by atomic mass is 32.2. The first-order valence-electron chi connectivity index (χ1n) is 11.3. The molecule has 0 bridgehead atoms. The third-order valence-corrected chi connectivity index (χ3v) is 6.51. The van der Waals surface area contributed by atoms with E-state index in [2.05, 4.69) is 15.3 Å².